The summed E-state index contributed by atoms with van der Waals surface area (Å²) in [7, 11) is -3.58. The van der Waals surface area contributed by atoms with Gasteiger partial charge in [-0.25, -0.2) is 12.8 Å². The van der Waals surface area contributed by atoms with Gasteiger partial charge in [0.25, 0.3) is 0 Å². The Kier molecular flexibility index (Phi) is 5.97. The van der Waals surface area contributed by atoms with Crippen molar-refractivity contribution in [1.82, 2.24) is 9.21 Å². The number of nitrogens with zero attached hydrogens (tertiary/aromatic N) is 2. The van der Waals surface area contributed by atoms with Crippen molar-refractivity contribution < 1.29 is 12.8 Å². The van der Waals surface area contributed by atoms with Crippen molar-refractivity contribution in [3.8, 4) is 0 Å². The molecule has 0 spiro atoms. The fourth-order valence-corrected chi connectivity index (χ4v) is 5.06. The van der Waals surface area contributed by atoms with Crippen molar-refractivity contribution >= 4 is 21.6 Å². The minimum atomic E-state index is -3.58. The Bertz CT molecular complexity index is 881. The average Bonchev–Trinajstić information content (AvgIpc) is 2.60. The molecular weight excluding hydrogens is 375 g/mol. The third kappa shape index (κ3) is 4.43. The van der Waals surface area contributed by atoms with Crippen LogP contribution in [0, 0.1) is 12.7 Å². The van der Waals surface area contributed by atoms with Gasteiger partial charge < -0.3 is 4.90 Å². The number of halogens is 2. The normalized spacial score (nSPS) is 16.7. The van der Waals surface area contributed by atoms with Gasteiger partial charge in [-0.1, -0.05) is 23.7 Å². The molecule has 0 saturated carbocycles. The quantitative estimate of drug-likeness (QED) is 0.778. The summed E-state index contributed by atoms with van der Waals surface area (Å²) >= 11 is 6.01. The Hall–Kier alpha value is -1.47. The Labute approximate surface area is 159 Å². The van der Waals surface area contributed by atoms with E-state index < -0.39 is 15.8 Å². The molecule has 1 heterocycles. The van der Waals surface area contributed by atoms with Crippen LogP contribution in [0.25, 0.3) is 0 Å². The van der Waals surface area contributed by atoms with Gasteiger partial charge in [0.15, 0.2) is 0 Å². The number of aryl methyl sites for hydroxylation is 1. The van der Waals surface area contributed by atoms with E-state index in [9.17, 15) is 12.8 Å². The molecule has 140 valence electrons. The number of hydrogen-bond donors (Lipinski definition) is 0. The maximum absolute atomic E-state index is 13.3. The van der Waals surface area contributed by atoms with Crippen LogP contribution in [0.15, 0.2) is 47.4 Å². The molecule has 2 aromatic carbocycles. The lowest BCUT2D eigenvalue weighted by atomic mass is 10.1. The minimum absolute atomic E-state index is 0.186. The molecule has 4 nitrogen and oxygen atoms in total. The number of benzene rings is 2. The van der Waals surface area contributed by atoms with Crippen molar-refractivity contribution in [2.24, 2.45) is 0 Å². The topological polar surface area (TPSA) is 40.6 Å². The largest absolute Gasteiger partial charge is 0.300 e. The first-order valence-corrected chi connectivity index (χ1v) is 10.4. The summed E-state index contributed by atoms with van der Waals surface area (Å²) in [4.78, 5) is 2.44. The Morgan fingerprint density at radius 3 is 2.46 bits per heavy atom. The highest BCUT2D eigenvalue weighted by Crippen LogP contribution is 2.22. The highest BCUT2D eigenvalue weighted by Gasteiger charge is 2.29. The first-order chi connectivity index (χ1) is 12.4. The number of rotatable bonds is 5. The van der Waals surface area contributed by atoms with Gasteiger partial charge in [0.1, 0.15) is 5.82 Å². The zero-order valence-electron chi connectivity index (χ0n) is 14.7. The molecule has 3 rings (SSSR count). The third-order valence-corrected chi connectivity index (χ3v) is 6.99. The molecule has 26 heavy (non-hydrogen) atoms. The summed E-state index contributed by atoms with van der Waals surface area (Å²) in [5, 5.41) is 0.730. The number of sulfonamides is 1. The smallest absolute Gasteiger partial charge is 0.243 e. The van der Waals surface area contributed by atoms with Crippen LogP contribution in [0.3, 0.4) is 0 Å². The molecule has 0 atom stereocenters. The van der Waals surface area contributed by atoms with Crippen LogP contribution in [0.2, 0.25) is 5.02 Å². The van der Waals surface area contributed by atoms with Crippen LogP contribution in [-0.2, 0) is 16.4 Å². The highest BCUT2D eigenvalue weighted by molar-refractivity contribution is 7.89. The second kappa shape index (κ2) is 8.05. The van der Waals surface area contributed by atoms with Crippen LogP contribution >= 0.6 is 11.6 Å². The minimum Gasteiger partial charge on any atom is -0.300 e. The molecule has 1 aliphatic heterocycles. The summed E-state index contributed by atoms with van der Waals surface area (Å²) in [5.41, 5.74) is 1.61. The predicted molar refractivity (Wildman–Crippen MR) is 101 cm³/mol. The highest BCUT2D eigenvalue weighted by atomic mass is 35.5. The van der Waals surface area contributed by atoms with E-state index in [4.69, 9.17) is 11.6 Å². The van der Waals surface area contributed by atoms with Crippen molar-refractivity contribution in [1.29, 1.82) is 0 Å². The van der Waals surface area contributed by atoms with Crippen molar-refractivity contribution in [3.63, 3.8) is 0 Å². The van der Waals surface area contributed by atoms with Gasteiger partial charge in [-0.05, 0) is 54.8 Å². The molecule has 0 radical (unpaired) electrons. The maximum Gasteiger partial charge on any atom is 0.243 e. The number of piperazine rings is 1. The summed E-state index contributed by atoms with van der Waals surface area (Å²) in [6.07, 6.45) is 0.879. The molecule has 0 amide bonds. The zero-order chi connectivity index (χ0) is 18.7. The number of hydrogen-bond acceptors (Lipinski definition) is 3. The van der Waals surface area contributed by atoms with Crippen molar-refractivity contribution in [3.05, 3.63) is 64.4 Å². The molecule has 0 aliphatic carbocycles. The lowest BCUT2D eigenvalue weighted by Crippen LogP contribution is -2.49. The van der Waals surface area contributed by atoms with E-state index in [0.29, 0.717) is 31.7 Å². The molecule has 1 aliphatic rings. The third-order valence-electron chi connectivity index (χ3n) is 4.69. The van der Waals surface area contributed by atoms with E-state index in [0.717, 1.165) is 18.0 Å². The summed E-state index contributed by atoms with van der Waals surface area (Å²) < 4.78 is 40.4. The monoisotopic (exact) mass is 396 g/mol. The van der Waals surface area contributed by atoms with Crippen molar-refractivity contribution in [2.75, 3.05) is 32.7 Å². The molecule has 0 unspecified atom stereocenters. The fraction of sp³-hybridized carbons (Fsp3) is 0.368. The van der Waals surface area contributed by atoms with E-state index in [-0.39, 0.29) is 4.90 Å². The summed E-state index contributed by atoms with van der Waals surface area (Å²) in [6.45, 7) is 4.73. The first-order valence-electron chi connectivity index (χ1n) is 8.59. The van der Waals surface area contributed by atoms with Gasteiger partial charge in [-0.3, -0.25) is 0 Å². The molecule has 1 saturated heterocycles. The predicted octanol–water partition coefficient (Wildman–Crippen LogP) is 3.34. The van der Waals surface area contributed by atoms with Gasteiger partial charge in [0, 0.05) is 37.7 Å². The van der Waals surface area contributed by atoms with Crippen LogP contribution in [0.4, 0.5) is 4.39 Å². The zero-order valence-corrected chi connectivity index (χ0v) is 16.2. The van der Waals surface area contributed by atoms with E-state index >= 15 is 0 Å². The van der Waals surface area contributed by atoms with E-state index in [1.807, 2.05) is 24.3 Å². The van der Waals surface area contributed by atoms with Gasteiger partial charge >= 0.3 is 0 Å². The van der Waals surface area contributed by atoms with Gasteiger partial charge in [-0.2, -0.15) is 4.31 Å². The lowest BCUT2D eigenvalue weighted by Gasteiger charge is -2.34. The average molecular weight is 397 g/mol. The van der Waals surface area contributed by atoms with Crippen molar-refractivity contribution in [2.45, 2.75) is 18.2 Å². The van der Waals surface area contributed by atoms with Crippen LogP contribution in [0.1, 0.15) is 11.1 Å². The second-order valence-electron chi connectivity index (χ2n) is 6.54. The SMILES string of the molecule is Cc1cc(F)ccc1S(=O)(=O)N1CCN(CCc2cccc(Cl)c2)CC1. The molecule has 0 N–H and O–H groups in total. The molecular formula is C19H22ClFN2O2S. The Balaban J connectivity index is 1.59. The first kappa shape index (κ1) is 19.3. The van der Waals surface area contributed by atoms with E-state index in [1.54, 1.807) is 6.92 Å². The maximum atomic E-state index is 13.3. The second-order valence-corrected chi connectivity index (χ2v) is 8.88. The van der Waals surface area contributed by atoms with Gasteiger partial charge in [-0.15, -0.1) is 0 Å². The van der Waals surface area contributed by atoms with Crippen LogP contribution in [0.5, 0.6) is 0 Å². The Morgan fingerprint density at radius 1 is 1.08 bits per heavy atom. The summed E-state index contributed by atoms with van der Waals surface area (Å²) in [5.74, 6) is -0.424. The van der Waals surface area contributed by atoms with Gasteiger partial charge in [0.2, 0.25) is 10.0 Å². The molecule has 7 heteroatoms. The molecule has 2 aromatic rings. The molecule has 1 fully saturated rings. The lowest BCUT2D eigenvalue weighted by molar-refractivity contribution is 0.190. The molecule has 0 aromatic heterocycles. The van der Waals surface area contributed by atoms with E-state index in [2.05, 4.69) is 4.90 Å². The van der Waals surface area contributed by atoms with E-state index in [1.165, 1.54) is 28.1 Å². The van der Waals surface area contributed by atoms with Gasteiger partial charge in [0.05, 0.1) is 4.90 Å². The molecule has 0 bridgehead atoms. The van der Waals surface area contributed by atoms with Crippen LogP contribution in [-0.4, -0.2) is 50.3 Å². The standard InChI is InChI=1S/C19H22ClFN2O2S/c1-15-13-18(21)5-6-19(15)26(24,25)23-11-9-22(10-12-23)8-7-16-3-2-4-17(20)14-16/h2-6,13-14H,7-12H2,1H3. The van der Waals surface area contributed by atoms with Crippen LogP contribution < -0.4 is 0 Å². The summed E-state index contributed by atoms with van der Waals surface area (Å²) in [6, 6.07) is 11.6. The fourth-order valence-electron chi connectivity index (χ4n) is 3.21. The Morgan fingerprint density at radius 2 is 1.81 bits per heavy atom.